The largest absolute Gasteiger partial charge is 0.241 e. The molecule has 0 aliphatic heterocycles. The Morgan fingerprint density at radius 1 is 1.40 bits per heavy atom. The minimum Gasteiger partial charge on any atom is -0.207 e. The normalized spacial score (nSPS) is 13.1. The van der Waals surface area contributed by atoms with E-state index in [1.54, 1.807) is 6.92 Å². The number of benzene rings is 1. The second kappa shape index (κ2) is 4.43. The van der Waals surface area contributed by atoms with Gasteiger partial charge in [-0.3, -0.25) is 0 Å². The summed E-state index contributed by atoms with van der Waals surface area (Å²) in [6.45, 7) is 1.54. The third-order valence-electron chi connectivity index (χ3n) is 1.71. The molecule has 1 aromatic carbocycles. The summed E-state index contributed by atoms with van der Waals surface area (Å²) in [5.74, 6) is 1.75. The highest BCUT2D eigenvalue weighted by molar-refractivity contribution is 7.89. The zero-order valence-electron chi connectivity index (χ0n) is 8.07. The maximum atomic E-state index is 12.6. The molecule has 0 aromatic heterocycles. The van der Waals surface area contributed by atoms with Crippen molar-refractivity contribution in [2.75, 3.05) is 0 Å². The van der Waals surface area contributed by atoms with Crippen LogP contribution in [0.4, 0.5) is 4.39 Å². The van der Waals surface area contributed by atoms with Crippen LogP contribution in [-0.2, 0) is 10.0 Å². The lowest BCUT2D eigenvalue weighted by atomic mass is 10.4. The molecule has 1 rings (SSSR count). The van der Waals surface area contributed by atoms with Crippen molar-refractivity contribution in [3.8, 4) is 12.3 Å². The van der Waals surface area contributed by atoms with Crippen LogP contribution >= 0.6 is 0 Å². The molecule has 0 heterocycles. The minimum atomic E-state index is -3.65. The van der Waals surface area contributed by atoms with Crippen LogP contribution in [0, 0.1) is 18.2 Å². The summed E-state index contributed by atoms with van der Waals surface area (Å²) in [5.41, 5.74) is 0. The molecule has 1 atom stereocenters. The Balaban J connectivity index is 2.98. The average Bonchev–Trinajstić information content (AvgIpc) is 2.17. The lowest BCUT2D eigenvalue weighted by Gasteiger charge is -2.08. The molecular weight excluding hydrogens is 217 g/mol. The highest BCUT2D eigenvalue weighted by Crippen LogP contribution is 2.09. The summed E-state index contributed by atoms with van der Waals surface area (Å²) in [5, 5.41) is 0. The molecule has 1 aromatic rings. The molecule has 0 spiro atoms. The van der Waals surface area contributed by atoms with Crippen LogP contribution in [0.2, 0.25) is 0 Å². The summed E-state index contributed by atoms with van der Waals surface area (Å²) in [7, 11) is -3.65. The van der Waals surface area contributed by atoms with E-state index in [-0.39, 0.29) is 4.90 Å². The first-order valence-corrected chi connectivity index (χ1v) is 5.68. The molecule has 80 valence electrons. The summed E-state index contributed by atoms with van der Waals surface area (Å²) in [6.07, 6.45) is 5.04. The molecule has 0 saturated heterocycles. The zero-order valence-corrected chi connectivity index (χ0v) is 8.88. The third kappa shape index (κ3) is 3.05. The van der Waals surface area contributed by atoms with Crippen molar-refractivity contribution >= 4 is 10.0 Å². The Morgan fingerprint density at radius 2 is 1.93 bits per heavy atom. The molecule has 0 aliphatic rings. The number of terminal acetylenes is 1. The molecule has 0 fully saturated rings. The zero-order chi connectivity index (χ0) is 11.5. The van der Waals surface area contributed by atoms with Gasteiger partial charge in [0, 0.05) is 0 Å². The second-order valence-electron chi connectivity index (χ2n) is 2.96. The van der Waals surface area contributed by atoms with Gasteiger partial charge in [0.15, 0.2) is 0 Å². The van der Waals surface area contributed by atoms with E-state index >= 15 is 0 Å². The van der Waals surface area contributed by atoms with E-state index in [2.05, 4.69) is 10.6 Å². The molecular formula is C10H10FNO2S. The van der Waals surface area contributed by atoms with Gasteiger partial charge in [-0.05, 0) is 31.2 Å². The van der Waals surface area contributed by atoms with Crippen molar-refractivity contribution in [3.05, 3.63) is 30.1 Å². The highest BCUT2D eigenvalue weighted by Gasteiger charge is 2.15. The van der Waals surface area contributed by atoms with Gasteiger partial charge in [0.1, 0.15) is 5.82 Å². The summed E-state index contributed by atoms with van der Waals surface area (Å²) in [6, 6.07) is 3.92. The van der Waals surface area contributed by atoms with E-state index in [0.29, 0.717) is 0 Å². The molecule has 0 amide bonds. The highest BCUT2D eigenvalue weighted by atomic mass is 32.2. The maximum Gasteiger partial charge on any atom is 0.241 e. The van der Waals surface area contributed by atoms with Gasteiger partial charge >= 0.3 is 0 Å². The van der Waals surface area contributed by atoms with Crippen molar-refractivity contribution < 1.29 is 12.8 Å². The Labute approximate surface area is 88.4 Å². The van der Waals surface area contributed by atoms with E-state index in [0.717, 1.165) is 12.1 Å². The van der Waals surface area contributed by atoms with E-state index in [4.69, 9.17) is 6.42 Å². The lowest BCUT2D eigenvalue weighted by Crippen LogP contribution is -2.31. The Kier molecular flexibility index (Phi) is 3.45. The molecule has 5 heteroatoms. The van der Waals surface area contributed by atoms with Crippen LogP contribution in [0.5, 0.6) is 0 Å². The molecule has 0 saturated carbocycles. The number of nitrogens with one attached hydrogen (secondary N) is 1. The van der Waals surface area contributed by atoms with Gasteiger partial charge in [0.25, 0.3) is 0 Å². The molecule has 15 heavy (non-hydrogen) atoms. The molecule has 1 N–H and O–H groups in total. The van der Waals surface area contributed by atoms with Crippen molar-refractivity contribution in [3.63, 3.8) is 0 Å². The molecule has 3 nitrogen and oxygen atoms in total. The van der Waals surface area contributed by atoms with Gasteiger partial charge in [-0.2, -0.15) is 4.72 Å². The predicted molar refractivity (Wildman–Crippen MR) is 55.0 cm³/mol. The first-order valence-electron chi connectivity index (χ1n) is 4.20. The SMILES string of the molecule is C#CC(C)NS(=O)(=O)c1ccc(F)cc1. The van der Waals surface area contributed by atoms with Gasteiger partial charge in [0.05, 0.1) is 10.9 Å². The van der Waals surface area contributed by atoms with Gasteiger partial charge < -0.3 is 0 Å². The van der Waals surface area contributed by atoms with Gasteiger partial charge in [0.2, 0.25) is 10.0 Å². The van der Waals surface area contributed by atoms with Crippen molar-refractivity contribution in [2.45, 2.75) is 17.9 Å². The van der Waals surface area contributed by atoms with Crippen molar-refractivity contribution in [1.29, 1.82) is 0 Å². The summed E-state index contributed by atoms with van der Waals surface area (Å²) >= 11 is 0. The number of rotatable bonds is 3. The fourth-order valence-corrected chi connectivity index (χ4v) is 2.11. The number of sulfonamides is 1. The summed E-state index contributed by atoms with van der Waals surface area (Å²) in [4.78, 5) is -0.00833. The van der Waals surface area contributed by atoms with E-state index < -0.39 is 21.9 Å². The van der Waals surface area contributed by atoms with Crippen LogP contribution in [0.1, 0.15) is 6.92 Å². The van der Waals surface area contributed by atoms with Gasteiger partial charge in [-0.15, -0.1) is 6.42 Å². The fourth-order valence-electron chi connectivity index (χ4n) is 0.949. The minimum absolute atomic E-state index is 0.00833. The van der Waals surface area contributed by atoms with Crippen LogP contribution < -0.4 is 4.72 Å². The van der Waals surface area contributed by atoms with E-state index in [1.807, 2.05) is 0 Å². The Bertz CT molecular complexity index is 473. The molecule has 0 aliphatic carbocycles. The van der Waals surface area contributed by atoms with Crippen LogP contribution in [-0.4, -0.2) is 14.5 Å². The molecule has 0 bridgehead atoms. The monoisotopic (exact) mass is 227 g/mol. The quantitative estimate of drug-likeness (QED) is 0.787. The first-order chi connectivity index (χ1) is 6.95. The molecule has 0 radical (unpaired) electrons. The van der Waals surface area contributed by atoms with Crippen LogP contribution in [0.25, 0.3) is 0 Å². The lowest BCUT2D eigenvalue weighted by molar-refractivity contribution is 0.577. The standard InChI is InChI=1S/C10H10FNO2S/c1-3-8(2)12-15(13,14)10-6-4-9(11)5-7-10/h1,4-8,12H,2H3. The maximum absolute atomic E-state index is 12.6. The van der Waals surface area contributed by atoms with Crippen molar-refractivity contribution in [1.82, 2.24) is 4.72 Å². The van der Waals surface area contributed by atoms with Gasteiger partial charge in [-0.25, -0.2) is 12.8 Å². The fraction of sp³-hybridized carbons (Fsp3) is 0.200. The number of hydrogen-bond acceptors (Lipinski definition) is 2. The van der Waals surface area contributed by atoms with E-state index in [1.165, 1.54) is 12.1 Å². The average molecular weight is 227 g/mol. The Hall–Kier alpha value is -1.38. The summed E-state index contributed by atoms with van der Waals surface area (Å²) < 4.78 is 38.0. The van der Waals surface area contributed by atoms with Crippen LogP contribution in [0.3, 0.4) is 0 Å². The van der Waals surface area contributed by atoms with Gasteiger partial charge in [-0.1, -0.05) is 5.92 Å². The topological polar surface area (TPSA) is 46.2 Å². The number of hydrogen-bond donors (Lipinski definition) is 1. The smallest absolute Gasteiger partial charge is 0.207 e. The predicted octanol–water partition coefficient (Wildman–Crippen LogP) is 1.13. The van der Waals surface area contributed by atoms with Crippen molar-refractivity contribution in [2.24, 2.45) is 0 Å². The van der Waals surface area contributed by atoms with E-state index in [9.17, 15) is 12.8 Å². The third-order valence-corrected chi connectivity index (χ3v) is 3.26. The first kappa shape index (κ1) is 11.7. The van der Waals surface area contributed by atoms with Crippen LogP contribution in [0.15, 0.2) is 29.2 Å². The second-order valence-corrected chi connectivity index (χ2v) is 4.68. The molecule has 1 unspecified atom stereocenters. The Morgan fingerprint density at radius 3 is 2.40 bits per heavy atom. The number of halogens is 1.